The molecule has 7 nitrogen and oxygen atoms in total. The van der Waals surface area contributed by atoms with Crippen LogP contribution in [0.1, 0.15) is 24.2 Å². The first-order valence-corrected chi connectivity index (χ1v) is 9.41. The summed E-state index contributed by atoms with van der Waals surface area (Å²) >= 11 is 0. The van der Waals surface area contributed by atoms with Gasteiger partial charge in [0.05, 0.1) is 12.7 Å². The van der Waals surface area contributed by atoms with Crippen molar-refractivity contribution in [1.29, 1.82) is 0 Å². The van der Waals surface area contributed by atoms with E-state index in [1.165, 1.54) is 5.69 Å². The standard InChI is InChI=1S/C20H27N5O2/c1-4-23(5-2)19(26)16-14-21-20(22-15-16)25-12-10-24(11-13-25)17-6-8-18(27-3)9-7-17/h6-9,14-15H,4-5,10-13H2,1-3H3. The maximum absolute atomic E-state index is 12.4. The summed E-state index contributed by atoms with van der Waals surface area (Å²) in [6.07, 6.45) is 3.28. The smallest absolute Gasteiger partial charge is 0.256 e. The van der Waals surface area contributed by atoms with Crippen molar-refractivity contribution in [1.82, 2.24) is 14.9 Å². The van der Waals surface area contributed by atoms with E-state index in [0.29, 0.717) is 24.6 Å². The van der Waals surface area contributed by atoms with Crippen LogP contribution in [0.4, 0.5) is 11.6 Å². The SMILES string of the molecule is CCN(CC)C(=O)c1cnc(N2CCN(c3ccc(OC)cc3)CC2)nc1. The summed E-state index contributed by atoms with van der Waals surface area (Å²) in [5, 5.41) is 0. The van der Waals surface area contributed by atoms with Crippen molar-refractivity contribution in [3.63, 3.8) is 0 Å². The Kier molecular flexibility index (Phi) is 6.11. The second-order valence-corrected chi connectivity index (χ2v) is 6.42. The fourth-order valence-electron chi connectivity index (χ4n) is 3.25. The molecule has 0 radical (unpaired) electrons. The summed E-state index contributed by atoms with van der Waals surface area (Å²) in [6.45, 7) is 8.79. The molecule has 1 fully saturated rings. The molecule has 0 bridgehead atoms. The van der Waals surface area contributed by atoms with Crippen molar-refractivity contribution in [2.75, 3.05) is 56.2 Å². The van der Waals surface area contributed by atoms with Crippen LogP contribution in [0.5, 0.6) is 5.75 Å². The molecule has 2 heterocycles. The highest BCUT2D eigenvalue weighted by molar-refractivity contribution is 5.93. The van der Waals surface area contributed by atoms with Crippen LogP contribution in [0.3, 0.4) is 0 Å². The Morgan fingerprint density at radius 2 is 1.56 bits per heavy atom. The number of carbonyl (C=O) groups excluding carboxylic acids is 1. The summed E-state index contributed by atoms with van der Waals surface area (Å²) in [7, 11) is 1.68. The number of benzene rings is 1. The van der Waals surface area contributed by atoms with Crippen molar-refractivity contribution in [2.45, 2.75) is 13.8 Å². The molecule has 1 aliphatic rings. The Labute approximate surface area is 160 Å². The van der Waals surface area contributed by atoms with E-state index in [1.54, 1.807) is 24.4 Å². The molecule has 1 amide bonds. The van der Waals surface area contributed by atoms with Gasteiger partial charge in [0.25, 0.3) is 5.91 Å². The van der Waals surface area contributed by atoms with Gasteiger partial charge in [-0.2, -0.15) is 0 Å². The number of hydrogen-bond acceptors (Lipinski definition) is 6. The fourth-order valence-corrected chi connectivity index (χ4v) is 3.25. The predicted octanol–water partition coefficient (Wildman–Crippen LogP) is 2.29. The van der Waals surface area contributed by atoms with Gasteiger partial charge >= 0.3 is 0 Å². The highest BCUT2D eigenvalue weighted by Gasteiger charge is 2.20. The summed E-state index contributed by atoms with van der Waals surface area (Å²) in [4.78, 5) is 27.5. The summed E-state index contributed by atoms with van der Waals surface area (Å²) < 4.78 is 5.22. The van der Waals surface area contributed by atoms with Gasteiger partial charge in [0.15, 0.2) is 0 Å². The summed E-state index contributed by atoms with van der Waals surface area (Å²) in [5.41, 5.74) is 1.73. The van der Waals surface area contributed by atoms with E-state index in [9.17, 15) is 4.79 Å². The molecule has 1 aliphatic heterocycles. The minimum Gasteiger partial charge on any atom is -0.497 e. The number of rotatable bonds is 6. The predicted molar refractivity (Wildman–Crippen MR) is 107 cm³/mol. The van der Waals surface area contributed by atoms with Crippen LogP contribution >= 0.6 is 0 Å². The maximum Gasteiger partial charge on any atom is 0.256 e. The monoisotopic (exact) mass is 369 g/mol. The van der Waals surface area contributed by atoms with E-state index in [4.69, 9.17) is 4.74 Å². The molecule has 0 N–H and O–H groups in total. The van der Waals surface area contributed by atoms with Gasteiger partial charge in [-0.05, 0) is 38.1 Å². The summed E-state index contributed by atoms with van der Waals surface area (Å²) in [5.74, 6) is 1.53. The number of amides is 1. The van der Waals surface area contributed by atoms with E-state index in [1.807, 2.05) is 26.0 Å². The van der Waals surface area contributed by atoms with Crippen LogP contribution in [-0.4, -0.2) is 67.2 Å². The minimum absolute atomic E-state index is 0.0177. The lowest BCUT2D eigenvalue weighted by Gasteiger charge is -2.36. The Balaban J connectivity index is 1.59. The number of hydrogen-bond donors (Lipinski definition) is 0. The summed E-state index contributed by atoms with van der Waals surface area (Å²) in [6, 6.07) is 8.13. The van der Waals surface area contributed by atoms with Crippen molar-refractivity contribution in [3.05, 3.63) is 42.2 Å². The van der Waals surface area contributed by atoms with Gasteiger partial charge in [0.1, 0.15) is 5.75 Å². The van der Waals surface area contributed by atoms with Crippen molar-refractivity contribution < 1.29 is 9.53 Å². The maximum atomic E-state index is 12.4. The van der Waals surface area contributed by atoms with Crippen LogP contribution < -0.4 is 14.5 Å². The molecule has 0 unspecified atom stereocenters. The molecule has 0 aliphatic carbocycles. The quantitative estimate of drug-likeness (QED) is 0.779. The van der Waals surface area contributed by atoms with Crippen molar-refractivity contribution in [3.8, 4) is 5.75 Å². The van der Waals surface area contributed by atoms with Crippen molar-refractivity contribution >= 4 is 17.5 Å². The molecule has 1 aromatic carbocycles. The van der Waals surface area contributed by atoms with Gasteiger partial charge in [0, 0.05) is 57.3 Å². The molecule has 1 saturated heterocycles. The molecule has 27 heavy (non-hydrogen) atoms. The van der Waals surface area contributed by atoms with Gasteiger partial charge in [-0.1, -0.05) is 0 Å². The number of carbonyl (C=O) groups is 1. The zero-order valence-corrected chi connectivity index (χ0v) is 16.3. The largest absolute Gasteiger partial charge is 0.497 e. The third-order valence-electron chi connectivity index (χ3n) is 4.94. The normalized spacial score (nSPS) is 14.2. The lowest BCUT2D eigenvalue weighted by Crippen LogP contribution is -2.47. The van der Waals surface area contributed by atoms with Crippen LogP contribution in [0, 0.1) is 0 Å². The zero-order chi connectivity index (χ0) is 19.2. The molecule has 144 valence electrons. The zero-order valence-electron chi connectivity index (χ0n) is 16.3. The van der Waals surface area contributed by atoms with E-state index >= 15 is 0 Å². The first-order valence-electron chi connectivity index (χ1n) is 9.41. The van der Waals surface area contributed by atoms with Gasteiger partial charge < -0.3 is 19.4 Å². The van der Waals surface area contributed by atoms with E-state index in [2.05, 4.69) is 31.9 Å². The molecule has 7 heteroatoms. The average molecular weight is 369 g/mol. The molecular weight excluding hydrogens is 342 g/mol. The van der Waals surface area contributed by atoms with Crippen LogP contribution in [-0.2, 0) is 0 Å². The lowest BCUT2D eigenvalue weighted by atomic mass is 10.2. The highest BCUT2D eigenvalue weighted by atomic mass is 16.5. The molecule has 3 rings (SSSR count). The van der Waals surface area contributed by atoms with Gasteiger partial charge in [-0.25, -0.2) is 9.97 Å². The van der Waals surface area contributed by atoms with Gasteiger partial charge in [0.2, 0.25) is 5.95 Å². The van der Waals surface area contributed by atoms with Gasteiger partial charge in [-0.3, -0.25) is 4.79 Å². The van der Waals surface area contributed by atoms with E-state index in [-0.39, 0.29) is 5.91 Å². The van der Waals surface area contributed by atoms with E-state index < -0.39 is 0 Å². The number of nitrogens with zero attached hydrogens (tertiary/aromatic N) is 5. The third kappa shape index (κ3) is 4.30. The highest BCUT2D eigenvalue weighted by Crippen LogP contribution is 2.21. The minimum atomic E-state index is -0.0177. The van der Waals surface area contributed by atoms with Gasteiger partial charge in [-0.15, -0.1) is 0 Å². The Bertz CT molecular complexity index is 736. The first-order chi connectivity index (χ1) is 13.2. The Hall–Kier alpha value is -2.83. The molecule has 1 aromatic heterocycles. The molecule has 0 atom stereocenters. The average Bonchev–Trinajstić information content (AvgIpc) is 2.75. The van der Waals surface area contributed by atoms with Crippen LogP contribution in [0.15, 0.2) is 36.7 Å². The molecule has 2 aromatic rings. The number of anilines is 2. The number of aromatic nitrogens is 2. The third-order valence-corrected chi connectivity index (χ3v) is 4.94. The van der Waals surface area contributed by atoms with E-state index in [0.717, 1.165) is 31.9 Å². The fraction of sp³-hybridized carbons (Fsp3) is 0.450. The number of methoxy groups -OCH3 is 1. The second kappa shape index (κ2) is 8.70. The lowest BCUT2D eigenvalue weighted by molar-refractivity contribution is 0.0772. The van der Waals surface area contributed by atoms with Crippen molar-refractivity contribution in [2.24, 2.45) is 0 Å². The van der Waals surface area contributed by atoms with Crippen LogP contribution in [0.25, 0.3) is 0 Å². The number of ether oxygens (including phenoxy) is 1. The molecular formula is C20H27N5O2. The molecule has 0 spiro atoms. The first kappa shape index (κ1) is 18.9. The topological polar surface area (TPSA) is 61.8 Å². The Morgan fingerprint density at radius 3 is 2.07 bits per heavy atom. The second-order valence-electron chi connectivity index (χ2n) is 6.42. The number of piperazine rings is 1. The molecule has 0 saturated carbocycles. The Morgan fingerprint density at radius 1 is 1.00 bits per heavy atom. The van der Waals surface area contributed by atoms with Crippen LogP contribution in [0.2, 0.25) is 0 Å².